The van der Waals surface area contributed by atoms with Crippen LogP contribution in [0.15, 0.2) is 24.3 Å². The topological polar surface area (TPSA) is 55.6 Å². The summed E-state index contributed by atoms with van der Waals surface area (Å²) in [4.78, 5) is 13.0. The zero-order chi connectivity index (χ0) is 15.9. The first kappa shape index (κ1) is 16.7. The van der Waals surface area contributed by atoms with E-state index < -0.39 is 4.92 Å². The van der Waals surface area contributed by atoms with E-state index in [0.717, 1.165) is 31.2 Å². The second-order valence-electron chi connectivity index (χ2n) is 6.49. The molecule has 0 bridgehead atoms. The molecule has 0 spiro atoms. The van der Waals surface area contributed by atoms with Gasteiger partial charge in [0, 0.05) is 19.2 Å². The summed E-state index contributed by atoms with van der Waals surface area (Å²) >= 11 is 0. The molecule has 2 unspecified atom stereocenters. The van der Waals surface area contributed by atoms with Gasteiger partial charge >= 0.3 is 5.69 Å². The monoisotopic (exact) mass is 306 g/mol. The number of rotatable bonds is 7. The van der Waals surface area contributed by atoms with Crippen LogP contribution in [-0.4, -0.2) is 36.1 Å². The zero-order valence-electron chi connectivity index (χ0n) is 13.5. The molecule has 1 fully saturated rings. The van der Waals surface area contributed by atoms with E-state index in [9.17, 15) is 10.1 Å². The quantitative estimate of drug-likeness (QED) is 0.437. The lowest BCUT2D eigenvalue weighted by Gasteiger charge is -2.34. The number of likely N-dealkylation sites (tertiary alicyclic amines) is 1. The van der Waals surface area contributed by atoms with Crippen molar-refractivity contribution in [1.82, 2.24) is 4.90 Å². The van der Waals surface area contributed by atoms with Crippen LogP contribution in [0.25, 0.3) is 0 Å². The zero-order valence-corrected chi connectivity index (χ0v) is 13.5. The molecule has 0 aromatic heterocycles. The van der Waals surface area contributed by atoms with Crippen molar-refractivity contribution in [2.75, 3.05) is 26.2 Å². The molecule has 2 rings (SSSR count). The third-order valence-corrected chi connectivity index (χ3v) is 4.13. The summed E-state index contributed by atoms with van der Waals surface area (Å²) < 4.78 is 5.57. The second-order valence-corrected chi connectivity index (χ2v) is 6.49. The molecule has 22 heavy (non-hydrogen) atoms. The standard InChI is InChI=1S/C17H26N2O3/c1-14-11-15(2)13-18(12-14)9-5-6-10-22-17-8-4-3-7-16(17)19(20)21/h3-4,7-8,14-15H,5-6,9-13H2,1-2H3. The first-order valence-corrected chi connectivity index (χ1v) is 8.15. The normalized spacial score (nSPS) is 22.5. The molecule has 0 radical (unpaired) electrons. The van der Waals surface area contributed by atoms with Crippen molar-refractivity contribution in [2.45, 2.75) is 33.1 Å². The first-order chi connectivity index (χ1) is 10.6. The van der Waals surface area contributed by atoms with Gasteiger partial charge in [0.2, 0.25) is 0 Å². The molecule has 0 amide bonds. The van der Waals surface area contributed by atoms with E-state index in [-0.39, 0.29) is 5.69 Å². The van der Waals surface area contributed by atoms with E-state index in [1.54, 1.807) is 18.2 Å². The lowest BCUT2D eigenvalue weighted by molar-refractivity contribution is -0.385. The lowest BCUT2D eigenvalue weighted by atomic mass is 9.92. The number of unbranched alkanes of at least 4 members (excludes halogenated alkanes) is 1. The molecule has 122 valence electrons. The molecule has 0 aliphatic carbocycles. The van der Waals surface area contributed by atoms with E-state index in [0.29, 0.717) is 12.4 Å². The van der Waals surface area contributed by atoms with Gasteiger partial charge in [0.1, 0.15) is 0 Å². The van der Waals surface area contributed by atoms with Crippen molar-refractivity contribution in [3.05, 3.63) is 34.4 Å². The maximum absolute atomic E-state index is 10.9. The first-order valence-electron chi connectivity index (χ1n) is 8.15. The van der Waals surface area contributed by atoms with Gasteiger partial charge in [0.15, 0.2) is 5.75 Å². The molecule has 0 N–H and O–H groups in total. The van der Waals surface area contributed by atoms with Gasteiger partial charge in [-0.05, 0) is 43.7 Å². The summed E-state index contributed by atoms with van der Waals surface area (Å²) in [6, 6.07) is 6.56. The average Bonchev–Trinajstić information content (AvgIpc) is 2.46. The highest BCUT2D eigenvalue weighted by Gasteiger charge is 2.21. The van der Waals surface area contributed by atoms with E-state index in [2.05, 4.69) is 18.7 Å². The Morgan fingerprint density at radius 1 is 1.23 bits per heavy atom. The SMILES string of the molecule is CC1CC(C)CN(CCCCOc2ccccc2[N+](=O)[O-])C1. The van der Waals surface area contributed by atoms with Gasteiger partial charge in [-0.2, -0.15) is 0 Å². The van der Waals surface area contributed by atoms with Gasteiger partial charge in [0.25, 0.3) is 0 Å². The Morgan fingerprint density at radius 2 is 1.91 bits per heavy atom. The number of piperidine rings is 1. The predicted octanol–water partition coefficient (Wildman–Crippen LogP) is 3.73. The van der Waals surface area contributed by atoms with Gasteiger partial charge < -0.3 is 9.64 Å². The number of hydrogen-bond acceptors (Lipinski definition) is 4. The molecule has 1 aromatic rings. The fourth-order valence-electron chi connectivity index (χ4n) is 3.32. The Hall–Kier alpha value is -1.62. The number of nitro benzene ring substituents is 1. The Balaban J connectivity index is 1.68. The van der Waals surface area contributed by atoms with Gasteiger partial charge in [-0.3, -0.25) is 10.1 Å². The Labute approximate surface area is 132 Å². The summed E-state index contributed by atoms with van der Waals surface area (Å²) in [7, 11) is 0. The van der Waals surface area contributed by atoms with Crippen molar-refractivity contribution < 1.29 is 9.66 Å². The lowest BCUT2D eigenvalue weighted by Crippen LogP contribution is -2.39. The summed E-state index contributed by atoms with van der Waals surface area (Å²) in [6.07, 6.45) is 3.32. The van der Waals surface area contributed by atoms with Gasteiger partial charge in [-0.25, -0.2) is 0 Å². The van der Waals surface area contributed by atoms with Crippen LogP contribution >= 0.6 is 0 Å². The number of benzene rings is 1. The molecular weight excluding hydrogens is 280 g/mol. The predicted molar refractivity (Wildman–Crippen MR) is 87.2 cm³/mol. The van der Waals surface area contributed by atoms with Crippen LogP contribution in [-0.2, 0) is 0 Å². The van der Waals surface area contributed by atoms with E-state index in [1.807, 2.05) is 0 Å². The highest BCUT2D eigenvalue weighted by atomic mass is 16.6. The average molecular weight is 306 g/mol. The number of hydrogen-bond donors (Lipinski definition) is 0. The van der Waals surface area contributed by atoms with Crippen molar-refractivity contribution >= 4 is 5.69 Å². The molecule has 1 saturated heterocycles. The van der Waals surface area contributed by atoms with Crippen LogP contribution in [0.2, 0.25) is 0 Å². The fourth-order valence-corrected chi connectivity index (χ4v) is 3.32. The van der Waals surface area contributed by atoms with Crippen molar-refractivity contribution in [1.29, 1.82) is 0 Å². The minimum atomic E-state index is -0.397. The summed E-state index contributed by atoms with van der Waals surface area (Å²) in [6.45, 7) is 8.64. The van der Waals surface area contributed by atoms with Gasteiger partial charge in [-0.1, -0.05) is 26.0 Å². The number of nitrogens with zero attached hydrogens (tertiary/aromatic N) is 2. The molecule has 1 aliphatic heterocycles. The Kier molecular flexibility index (Phi) is 6.19. The minimum Gasteiger partial charge on any atom is -0.487 e. The second kappa shape index (κ2) is 8.13. The van der Waals surface area contributed by atoms with Crippen molar-refractivity contribution in [2.24, 2.45) is 11.8 Å². The van der Waals surface area contributed by atoms with Crippen LogP contribution in [0.3, 0.4) is 0 Å². The van der Waals surface area contributed by atoms with Crippen molar-refractivity contribution in [3.63, 3.8) is 0 Å². The number of para-hydroxylation sites is 2. The third kappa shape index (κ3) is 4.98. The number of ether oxygens (including phenoxy) is 1. The van der Waals surface area contributed by atoms with Crippen LogP contribution in [0.1, 0.15) is 33.1 Å². The molecule has 2 atom stereocenters. The van der Waals surface area contributed by atoms with Gasteiger partial charge in [0.05, 0.1) is 11.5 Å². The molecule has 1 heterocycles. The van der Waals surface area contributed by atoms with Crippen molar-refractivity contribution in [3.8, 4) is 5.75 Å². The van der Waals surface area contributed by atoms with Crippen LogP contribution in [0.5, 0.6) is 5.75 Å². The van der Waals surface area contributed by atoms with Crippen LogP contribution in [0, 0.1) is 22.0 Å². The maximum atomic E-state index is 10.9. The van der Waals surface area contributed by atoms with E-state index in [1.165, 1.54) is 25.6 Å². The molecule has 1 aromatic carbocycles. The Morgan fingerprint density at radius 3 is 2.59 bits per heavy atom. The molecule has 5 nitrogen and oxygen atoms in total. The smallest absolute Gasteiger partial charge is 0.310 e. The maximum Gasteiger partial charge on any atom is 0.310 e. The molecule has 0 saturated carbocycles. The summed E-state index contributed by atoms with van der Waals surface area (Å²) in [5.74, 6) is 1.94. The Bertz CT molecular complexity index is 483. The molecule has 1 aliphatic rings. The summed E-state index contributed by atoms with van der Waals surface area (Å²) in [5, 5.41) is 10.9. The van der Waals surface area contributed by atoms with Gasteiger partial charge in [-0.15, -0.1) is 0 Å². The van der Waals surface area contributed by atoms with Crippen LogP contribution < -0.4 is 4.74 Å². The third-order valence-electron chi connectivity index (χ3n) is 4.13. The minimum absolute atomic E-state index is 0.0428. The van der Waals surface area contributed by atoms with Crippen LogP contribution in [0.4, 0.5) is 5.69 Å². The molecular formula is C17H26N2O3. The van der Waals surface area contributed by atoms with E-state index in [4.69, 9.17) is 4.74 Å². The molecule has 5 heteroatoms. The number of nitro groups is 1. The summed E-state index contributed by atoms with van der Waals surface area (Å²) in [5.41, 5.74) is 0.0428. The van der Waals surface area contributed by atoms with E-state index >= 15 is 0 Å². The highest BCUT2D eigenvalue weighted by molar-refractivity contribution is 5.45. The highest BCUT2D eigenvalue weighted by Crippen LogP contribution is 2.26. The fraction of sp³-hybridized carbons (Fsp3) is 0.647. The largest absolute Gasteiger partial charge is 0.487 e.